The molecule has 5 nitrogen and oxygen atoms in total. The average Bonchev–Trinajstić information content (AvgIpc) is 2.78. The summed E-state index contributed by atoms with van der Waals surface area (Å²) in [6, 6.07) is 8.22. The summed E-state index contributed by atoms with van der Waals surface area (Å²) in [7, 11) is 0. The molecule has 0 atom stereocenters. The Balaban J connectivity index is 2.28. The van der Waals surface area contributed by atoms with Gasteiger partial charge in [0.15, 0.2) is 0 Å². The number of hydrazine groups is 1. The van der Waals surface area contributed by atoms with Gasteiger partial charge in [-0.1, -0.05) is 36.3 Å². The van der Waals surface area contributed by atoms with Gasteiger partial charge in [-0.25, -0.2) is 5.84 Å². The van der Waals surface area contributed by atoms with Gasteiger partial charge in [-0.3, -0.25) is 5.43 Å². The Morgan fingerprint density at radius 3 is 2.60 bits per heavy atom. The van der Waals surface area contributed by atoms with Crippen molar-refractivity contribution in [3.05, 3.63) is 29.8 Å². The normalized spacial score (nSPS) is 10.3. The fraction of sp³-hybridized carbons (Fsp3) is 0.200. The Bertz CT molecular complexity index is 435. The molecule has 0 amide bonds. The number of anilines is 1. The highest BCUT2D eigenvalue weighted by atomic mass is 16.5. The summed E-state index contributed by atoms with van der Waals surface area (Å²) in [5, 5.41) is 3.78. The van der Waals surface area contributed by atoms with E-state index in [-0.39, 0.29) is 6.01 Å². The van der Waals surface area contributed by atoms with E-state index in [0.29, 0.717) is 5.82 Å². The molecule has 3 N–H and O–H groups in total. The molecule has 0 saturated heterocycles. The van der Waals surface area contributed by atoms with Gasteiger partial charge in [0.25, 0.3) is 0 Å². The zero-order chi connectivity index (χ0) is 10.7. The van der Waals surface area contributed by atoms with E-state index in [1.165, 1.54) is 5.56 Å². The number of hydrogen-bond donors (Lipinski definition) is 2. The number of hydrogen-bond acceptors (Lipinski definition) is 5. The van der Waals surface area contributed by atoms with Crippen LogP contribution in [-0.2, 0) is 6.42 Å². The van der Waals surface area contributed by atoms with Crippen LogP contribution in [0.3, 0.4) is 0 Å². The highest BCUT2D eigenvalue weighted by Gasteiger charge is 2.06. The smallest absolute Gasteiger partial charge is 0.314 e. The summed E-state index contributed by atoms with van der Waals surface area (Å²) in [4.78, 5) is 4.04. The molecule has 78 valence electrons. The molecule has 0 aliphatic heterocycles. The lowest BCUT2D eigenvalue weighted by Crippen LogP contribution is -2.06. The monoisotopic (exact) mass is 204 g/mol. The van der Waals surface area contributed by atoms with E-state index in [1.54, 1.807) is 0 Å². The molecule has 1 aromatic carbocycles. The van der Waals surface area contributed by atoms with Crippen molar-refractivity contribution in [2.45, 2.75) is 13.3 Å². The molecule has 5 heteroatoms. The van der Waals surface area contributed by atoms with Crippen LogP contribution in [-0.4, -0.2) is 10.1 Å². The Kier molecular flexibility index (Phi) is 2.64. The van der Waals surface area contributed by atoms with E-state index in [9.17, 15) is 0 Å². The lowest BCUT2D eigenvalue weighted by atomic mass is 10.1. The number of rotatable bonds is 3. The van der Waals surface area contributed by atoms with Gasteiger partial charge in [0.2, 0.25) is 5.82 Å². The first-order valence-electron chi connectivity index (χ1n) is 4.73. The minimum Gasteiger partial charge on any atom is -0.314 e. The zero-order valence-corrected chi connectivity index (χ0v) is 8.40. The predicted molar refractivity (Wildman–Crippen MR) is 56.9 cm³/mol. The lowest BCUT2D eigenvalue weighted by molar-refractivity contribution is 0.432. The van der Waals surface area contributed by atoms with Crippen LogP contribution >= 0.6 is 0 Å². The highest BCUT2D eigenvalue weighted by Crippen LogP contribution is 2.17. The summed E-state index contributed by atoms with van der Waals surface area (Å²) in [6.07, 6.45) is 1.02. The van der Waals surface area contributed by atoms with Crippen molar-refractivity contribution in [2.75, 3.05) is 5.43 Å². The number of nitrogens with zero attached hydrogens (tertiary/aromatic N) is 2. The molecule has 1 heterocycles. The van der Waals surface area contributed by atoms with Gasteiger partial charge < -0.3 is 4.52 Å². The standard InChI is InChI=1S/C10H12N4O/c1-2-7-3-5-8(6-4-7)9-12-10(13-11)15-14-9/h3-6H,2,11H2,1H3,(H,12,13,14). The van der Waals surface area contributed by atoms with Crippen molar-refractivity contribution in [3.63, 3.8) is 0 Å². The van der Waals surface area contributed by atoms with E-state index in [4.69, 9.17) is 10.4 Å². The van der Waals surface area contributed by atoms with Crippen molar-refractivity contribution in [2.24, 2.45) is 5.84 Å². The molecular weight excluding hydrogens is 192 g/mol. The largest absolute Gasteiger partial charge is 0.335 e. The second kappa shape index (κ2) is 4.10. The second-order valence-corrected chi connectivity index (χ2v) is 3.12. The van der Waals surface area contributed by atoms with Gasteiger partial charge in [-0.05, 0) is 12.0 Å². The molecule has 0 fully saturated rings. The Morgan fingerprint density at radius 1 is 1.33 bits per heavy atom. The molecule has 2 rings (SSSR count). The fourth-order valence-corrected chi connectivity index (χ4v) is 1.29. The van der Waals surface area contributed by atoms with Crippen LogP contribution < -0.4 is 11.3 Å². The average molecular weight is 204 g/mol. The van der Waals surface area contributed by atoms with E-state index < -0.39 is 0 Å². The van der Waals surface area contributed by atoms with E-state index >= 15 is 0 Å². The van der Waals surface area contributed by atoms with Crippen molar-refractivity contribution >= 4 is 6.01 Å². The number of aromatic nitrogens is 2. The first-order valence-corrected chi connectivity index (χ1v) is 4.73. The Labute approximate surface area is 87.3 Å². The summed E-state index contributed by atoms with van der Waals surface area (Å²) in [5.74, 6) is 5.67. The van der Waals surface area contributed by atoms with Crippen LogP contribution in [0.4, 0.5) is 6.01 Å². The summed E-state index contributed by atoms with van der Waals surface area (Å²) >= 11 is 0. The van der Waals surface area contributed by atoms with Crippen molar-refractivity contribution in [1.29, 1.82) is 0 Å². The third-order valence-electron chi connectivity index (χ3n) is 2.17. The quantitative estimate of drug-likeness (QED) is 0.586. The fourth-order valence-electron chi connectivity index (χ4n) is 1.29. The highest BCUT2D eigenvalue weighted by molar-refractivity contribution is 5.55. The topological polar surface area (TPSA) is 77.0 Å². The van der Waals surface area contributed by atoms with Crippen LogP contribution in [0.15, 0.2) is 28.8 Å². The lowest BCUT2D eigenvalue weighted by Gasteiger charge is -1.96. The maximum Gasteiger partial charge on any atom is 0.335 e. The van der Waals surface area contributed by atoms with Crippen molar-refractivity contribution < 1.29 is 4.52 Å². The minimum atomic E-state index is 0.213. The molecule has 1 aromatic heterocycles. The third kappa shape index (κ3) is 1.97. The summed E-state index contributed by atoms with van der Waals surface area (Å²) in [6.45, 7) is 2.11. The molecule has 0 radical (unpaired) electrons. The van der Waals surface area contributed by atoms with Gasteiger partial charge in [-0.15, -0.1) is 0 Å². The summed E-state index contributed by atoms with van der Waals surface area (Å²) < 4.78 is 4.83. The maximum atomic E-state index is 5.14. The number of nitrogens with two attached hydrogens (primary N) is 1. The second-order valence-electron chi connectivity index (χ2n) is 3.12. The van der Waals surface area contributed by atoms with E-state index in [1.807, 2.05) is 24.3 Å². The van der Waals surface area contributed by atoms with Crippen LogP contribution in [0.1, 0.15) is 12.5 Å². The Morgan fingerprint density at radius 2 is 2.07 bits per heavy atom. The molecule has 0 aliphatic carbocycles. The number of nitrogens with one attached hydrogen (secondary N) is 1. The zero-order valence-electron chi connectivity index (χ0n) is 8.40. The minimum absolute atomic E-state index is 0.213. The van der Waals surface area contributed by atoms with Gasteiger partial charge >= 0.3 is 6.01 Å². The third-order valence-corrected chi connectivity index (χ3v) is 2.17. The molecule has 2 aromatic rings. The van der Waals surface area contributed by atoms with Gasteiger partial charge in [-0.2, -0.15) is 4.98 Å². The van der Waals surface area contributed by atoms with Gasteiger partial charge in [0.1, 0.15) is 0 Å². The predicted octanol–water partition coefficient (Wildman–Crippen LogP) is 1.58. The molecule has 0 spiro atoms. The van der Waals surface area contributed by atoms with Gasteiger partial charge in [0, 0.05) is 5.56 Å². The molecule has 0 aliphatic rings. The van der Waals surface area contributed by atoms with E-state index in [2.05, 4.69) is 22.5 Å². The van der Waals surface area contributed by atoms with Crippen LogP contribution in [0.25, 0.3) is 11.4 Å². The molecule has 0 saturated carbocycles. The van der Waals surface area contributed by atoms with E-state index in [0.717, 1.165) is 12.0 Å². The molecule has 0 bridgehead atoms. The molecule has 0 unspecified atom stereocenters. The number of aryl methyl sites for hydroxylation is 1. The van der Waals surface area contributed by atoms with Crippen LogP contribution in [0.2, 0.25) is 0 Å². The Hall–Kier alpha value is -1.88. The maximum absolute atomic E-state index is 5.14. The molecular formula is C10H12N4O. The number of benzene rings is 1. The van der Waals surface area contributed by atoms with Gasteiger partial charge in [0.05, 0.1) is 0 Å². The molecule has 15 heavy (non-hydrogen) atoms. The number of nitrogen functional groups attached to an aromatic ring is 1. The first kappa shape index (κ1) is 9.67. The van der Waals surface area contributed by atoms with Crippen LogP contribution in [0.5, 0.6) is 0 Å². The SMILES string of the molecule is CCc1ccc(-c2noc(NN)n2)cc1. The van der Waals surface area contributed by atoms with Crippen molar-refractivity contribution in [3.8, 4) is 11.4 Å². The van der Waals surface area contributed by atoms with Crippen molar-refractivity contribution in [1.82, 2.24) is 10.1 Å². The summed E-state index contributed by atoms with van der Waals surface area (Å²) in [5.41, 5.74) is 4.49. The first-order chi connectivity index (χ1) is 7.33. The van der Waals surface area contributed by atoms with Crippen LogP contribution in [0, 0.1) is 0 Å².